The van der Waals surface area contributed by atoms with Gasteiger partial charge in [-0.05, 0) is 26.9 Å². The lowest BCUT2D eigenvalue weighted by atomic mass is 10.4. The van der Waals surface area contributed by atoms with Crippen molar-refractivity contribution in [2.45, 2.75) is 0 Å². The first-order valence-corrected chi connectivity index (χ1v) is 4.26. The molecule has 2 aromatic heterocycles. The zero-order chi connectivity index (χ0) is 9.42. The number of rotatable bonds is 1. The number of pyridine rings is 1. The highest BCUT2D eigenvalue weighted by molar-refractivity contribution is 9.10. The molecule has 5 nitrogen and oxygen atoms in total. The number of fused-ring (bicyclic) bond motifs is 1. The van der Waals surface area contributed by atoms with Crippen LogP contribution in [0.15, 0.2) is 29.0 Å². The third-order valence-corrected chi connectivity index (χ3v) is 2.21. The molecule has 0 saturated carbocycles. The predicted molar refractivity (Wildman–Crippen MR) is 49.5 cm³/mol. The van der Waals surface area contributed by atoms with Crippen LogP contribution in [0, 0.1) is 10.1 Å². The molecule has 0 aliphatic rings. The molecule has 0 fully saturated rings. The van der Waals surface area contributed by atoms with E-state index < -0.39 is 4.92 Å². The minimum absolute atomic E-state index is 0.00174. The molecule has 0 saturated heterocycles. The van der Waals surface area contributed by atoms with Gasteiger partial charge < -0.3 is 10.1 Å². The monoisotopic (exact) mass is 241 g/mol. The highest BCUT2D eigenvalue weighted by atomic mass is 79.9. The van der Waals surface area contributed by atoms with E-state index in [1.54, 1.807) is 12.1 Å². The molecule has 0 radical (unpaired) electrons. The fourth-order valence-electron chi connectivity index (χ4n) is 1.13. The van der Waals surface area contributed by atoms with Crippen LogP contribution in [-0.2, 0) is 0 Å². The Bertz CT molecular complexity index is 480. The Hall–Kier alpha value is -1.43. The first-order valence-electron chi connectivity index (χ1n) is 3.46. The van der Waals surface area contributed by atoms with E-state index in [-0.39, 0.29) is 5.82 Å². The molecular formula is C7H4BrN3O2. The van der Waals surface area contributed by atoms with Gasteiger partial charge in [-0.1, -0.05) is 0 Å². The molecule has 2 rings (SSSR count). The number of hydrogen-bond donors (Lipinski definition) is 0. The largest absolute Gasteiger partial charge is 0.358 e. The zero-order valence-corrected chi connectivity index (χ0v) is 7.93. The van der Waals surface area contributed by atoms with E-state index >= 15 is 0 Å². The van der Waals surface area contributed by atoms with E-state index in [2.05, 4.69) is 20.9 Å². The predicted octanol–water partition coefficient (Wildman–Crippen LogP) is 2.00. The van der Waals surface area contributed by atoms with Crippen LogP contribution in [0.3, 0.4) is 0 Å². The molecular weight excluding hydrogens is 238 g/mol. The molecule has 6 heteroatoms. The Kier molecular flexibility index (Phi) is 1.77. The lowest BCUT2D eigenvalue weighted by Gasteiger charge is -1.96. The average Bonchev–Trinajstić information content (AvgIpc) is 2.48. The lowest BCUT2D eigenvalue weighted by molar-refractivity contribution is -0.390. The summed E-state index contributed by atoms with van der Waals surface area (Å²) in [5.41, 5.74) is 0.557. The van der Waals surface area contributed by atoms with Gasteiger partial charge in [0, 0.05) is 12.1 Å². The molecule has 0 atom stereocenters. The molecule has 0 spiro atoms. The Balaban J connectivity index is 2.88. The molecule has 13 heavy (non-hydrogen) atoms. The summed E-state index contributed by atoms with van der Waals surface area (Å²) in [4.78, 5) is 14.1. The maximum Gasteiger partial charge on any atom is 0.330 e. The van der Waals surface area contributed by atoms with Gasteiger partial charge in [0.05, 0.1) is 6.20 Å². The molecule has 66 valence electrons. The maximum atomic E-state index is 10.6. The SMILES string of the molecule is O=[N+]([O-])c1cccc2ncc(Br)n12. The van der Waals surface area contributed by atoms with E-state index in [1.807, 2.05) is 0 Å². The van der Waals surface area contributed by atoms with Crippen LogP contribution in [0.1, 0.15) is 0 Å². The van der Waals surface area contributed by atoms with Crippen molar-refractivity contribution in [2.75, 3.05) is 0 Å². The Morgan fingerprint density at radius 3 is 3.00 bits per heavy atom. The van der Waals surface area contributed by atoms with Gasteiger partial charge in [0.2, 0.25) is 5.65 Å². The van der Waals surface area contributed by atoms with Crippen molar-refractivity contribution in [1.82, 2.24) is 9.38 Å². The second kappa shape index (κ2) is 2.81. The summed E-state index contributed by atoms with van der Waals surface area (Å²) in [6, 6.07) is 4.74. The fourth-order valence-corrected chi connectivity index (χ4v) is 1.59. The number of imidazole rings is 1. The van der Waals surface area contributed by atoms with Crippen LogP contribution in [0.25, 0.3) is 5.65 Å². The molecule has 0 aliphatic heterocycles. The summed E-state index contributed by atoms with van der Waals surface area (Å²) in [6.07, 6.45) is 1.53. The van der Waals surface area contributed by atoms with Crippen LogP contribution in [-0.4, -0.2) is 14.3 Å². The molecule has 0 bridgehead atoms. The van der Waals surface area contributed by atoms with Crippen molar-refractivity contribution in [3.63, 3.8) is 0 Å². The summed E-state index contributed by atoms with van der Waals surface area (Å²) < 4.78 is 2.01. The highest BCUT2D eigenvalue weighted by Crippen LogP contribution is 2.20. The minimum Gasteiger partial charge on any atom is -0.358 e. The van der Waals surface area contributed by atoms with Gasteiger partial charge in [0.1, 0.15) is 0 Å². The highest BCUT2D eigenvalue weighted by Gasteiger charge is 2.14. The number of hydrogen-bond acceptors (Lipinski definition) is 3. The summed E-state index contributed by atoms with van der Waals surface area (Å²) in [7, 11) is 0. The van der Waals surface area contributed by atoms with Gasteiger partial charge in [-0.3, -0.25) is 0 Å². The first-order chi connectivity index (χ1) is 6.20. The van der Waals surface area contributed by atoms with E-state index in [0.717, 1.165) is 0 Å². The minimum atomic E-state index is -0.445. The third kappa shape index (κ3) is 1.19. The van der Waals surface area contributed by atoms with E-state index in [0.29, 0.717) is 10.3 Å². The van der Waals surface area contributed by atoms with Gasteiger partial charge in [-0.15, -0.1) is 0 Å². The molecule has 2 aromatic rings. The van der Waals surface area contributed by atoms with E-state index in [1.165, 1.54) is 16.7 Å². The average molecular weight is 242 g/mol. The summed E-state index contributed by atoms with van der Waals surface area (Å²) in [6.45, 7) is 0. The zero-order valence-electron chi connectivity index (χ0n) is 6.35. The molecule has 0 unspecified atom stereocenters. The Morgan fingerprint density at radius 2 is 2.31 bits per heavy atom. The van der Waals surface area contributed by atoms with Gasteiger partial charge >= 0.3 is 5.82 Å². The van der Waals surface area contributed by atoms with Gasteiger partial charge in [-0.2, -0.15) is 4.40 Å². The second-order valence-corrected chi connectivity index (χ2v) is 3.23. The van der Waals surface area contributed by atoms with Crippen LogP contribution in [0.2, 0.25) is 0 Å². The molecule has 2 heterocycles. The summed E-state index contributed by atoms with van der Waals surface area (Å²) in [5.74, 6) is 0.00174. The lowest BCUT2D eigenvalue weighted by Crippen LogP contribution is -1.96. The van der Waals surface area contributed by atoms with Crippen molar-refractivity contribution >= 4 is 27.4 Å². The van der Waals surface area contributed by atoms with Crippen molar-refractivity contribution in [1.29, 1.82) is 0 Å². The maximum absolute atomic E-state index is 10.6. The van der Waals surface area contributed by atoms with Gasteiger partial charge in [0.25, 0.3) is 0 Å². The quantitative estimate of drug-likeness (QED) is 0.567. The third-order valence-electron chi connectivity index (χ3n) is 1.65. The second-order valence-electron chi connectivity index (χ2n) is 2.42. The van der Waals surface area contributed by atoms with Crippen molar-refractivity contribution in [2.24, 2.45) is 0 Å². The van der Waals surface area contributed by atoms with Crippen molar-refractivity contribution in [3.05, 3.63) is 39.1 Å². The van der Waals surface area contributed by atoms with Gasteiger partial charge in [-0.25, -0.2) is 4.98 Å². The van der Waals surface area contributed by atoms with Crippen LogP contribution in [0.4, 0.5) is 5.82 Å². The fraction of sp³-hybridized carbons (Fsp3) is 0. The number of nitrogens with zero attached hydrogens (tertiary/aromatic N) is 3. The van der Waals surface area contributed by atoms with Crippen molar-refractivity contribution in [3.8, 4) is 0 Å². The number of halogens is 1. The van der Waals surface area contributed by atoms with Crippen LogP contribution in [0.5, 0.6) is 0 Å². The van der Waals surface area contributed by atoms with Crippen molar-refractivity contribution < 1.29 is 4.92 Å². The summed E-state index contributed by atoms with van der Waals surface area (Å²) >= 11 is 3.18. The normalized spacial score (nSPS) is 10.5. The van der Waals surface area contributed by atoms with Gasteiger partial charge in [0.15, 0.2) is 4.60 Å². The topological polar surface area (TPSA) is 60.4 Å². The van der Waals surface area contributed by atoms with Crippen LogP contribution < -0.4 is 0 Å². The smallest absolute Gasteiger partial charge is 0.330 e. The molecule has 0 N–H and O–H groups in total. The Labute approximate surface area is 81.3 Å². The first kappa shape index (κ1) is 8.18. The van der Waals surface area contributed by atoms with E-state index in [9.17, 15) is 10.1 Å². The molecule has 0 aliphatic carbocycles. The molecule has 0 amide bonds. The number of aromatic nitrogens is 2. The molecule has 0 aromatic carbocycles. The van der Waals surface area contributed by atoms with Crippen LogP contribution >= 0.6 is 15.9 Å². The standard InChI is InChI=1S/C7H4BrN3O2/c8-5-4-9-6-2-1-3-7(10(5)6)11(12)13/h1-4H. The number of nitro groups is 1. The Morgan fingerprint density at radius 1 is 1.54 bits per heavy atom. The van der Waals surface area contributed by atoms with E-state index in [4.69, 9.17) is 0 Å². The summed E-state index contributed by atoms with van der Waals surface area (Å²) in [5, 5.41) is 10.6.